The fraction of sp³-hybridized carbons (Fsp3) is 0.273. The van der Waals surface area contributed by atoms with Gasteiger partial charge >= 0.3 is 0 Å². The number of halogens is 1. The van der Waals surface area contributed by atoms with Crippen LogP contribution in [0.25, 0.3) is 0 Å². The Bertz CT molecular complexity index is 464. The summed E-state index contributed by atoms with van der Waals surface area (Å²) in [7, 11) is 0. The first-order valence-electron chi connectivity index (χ1n) is 4.99. The molecule has 0 fully saturated rings. The van der Waals surface area contributed by atoms with Crippen molar-refractivity contribution in [3.05, 3.63) is 35.7 Å². The molecule has 2 aromatic heterocycles. The van der Waals surface area contributed by atoms with Crippen molar-refractivity contribution in [3.8, 4) is 11.6 Å². The van der Waals surface area contributed by atoms with Gasteiger partial charge in [0.25, 0.3) is 0 Å². The van der Waals surface area contributed by atoms with E-state index in [9.17, 15) is 0 Å². The van der Waals surface area contributed by atoms with E-state index in [1.165, 1.54) is 0 Å². The van der Waals surface area contributed by atoms with Gasteiger partial charge in [0.2, 0.25) is 5.88 Å². The number of hydrogen-bond donors (Lipinski definition) is 0. The first-order valence-corrected chi connectivity index (χ1v) is 5.36. The van der Waals surface area contributed by atoms with Crippen molar-refractivity contribution < 1.29 is 4.74 Å². The van der Waals surface area contributed by atoms with E-state index in [1.54, 1.807) is 24.5 Å². The molecule has 0 unspecified atom stereocenters. The lowest BCUT2D eigenvalue weighted by Gasteiger charge is -2.03. The fourth-order valence-electron chi connectivity index (χ4n) is 1.20. The third-order valence-electron chi connectivity index (χ3n) is 2.03. The highest BCUT2D eigenvalue weighted by Gasteiger charge is 2.04. The summed E-state index contributed by atoms with van der Waals surface area (Å²) in [4.78, 5) is 4.04. The Morgan fingerprint density at radius 3 is 2.69 bits per heavy atom. The Morgan fingerprint density at radius 2 is 2.12 bits per heavy atom. The predicted octanol–water partition coefficient (Wildman–Crippen LogP) is 3.30. The zero-order chi connectivity index (χ0) is 11.5. The van der Waals surface area contributed by atoms with Gasteiger partial charge in [0.15, 0.2) is 5.75 Å². The van der Waals surface area contributed by atoms with Crippen LogP contribution in [0.5, 0.6) is 11.6 Å². The highest BCUT2D eigenvalue weighted by atomic mass is 35.5. The maximum absolute atomic E-state index is 5.73. The van der Waals surface area contributed by atoms with Crippen LogP contribution >= 0.6 is 11.6 Å². The SMILES string of the molecule is CC(C)n1cc(Oc2ccc(Cl)cn2)cn1. The highest BCUT2D eigenvalue weighted by Crippen LogP contribution is 2.20. The molecule has 0 aliphatic rings. The molecule has 0 aliphatic heterocycles. The van der Waals surface area contributed by atoms with E-state index in [0.717, 1.165) is 0 Å². The third kappa shape index (κ3) is 2.52. The summed E-state index contributed by atoms with van der Waals surface area (Å²) in [6, 6.07) is 3.77. The molecular weight excluding hydrogens is 226 g/mol. The van der Waals surface area contributed by atoms with Crippen LogP contribution in [-0.4, -0.2) is 14.8 Å². The Kier molecular flexibility index (Phi) is 3.10. The first-order chi connectivity index (χ1) is 7.65. The molecule has 5 heteroatoms. The van der Waals surface area contributed by atoms with Gasteiger partial charge in [-0.15, -0.1) is 0 Å². The molecule has 0 amide bonds. The predicted molar refractivity (Wildman–Crippen MR) is 61.9 cm³/mol. The standard InChI is InChI=1S/C11H12ClN3O/c1-8(2)15-7-10(6-14-15)16-11-4-3-9(12)5-13-11/h3-8H,1-2H3. The van der Waals surface area contributed by atoms with Gasteiger partial charge in [-0.1, -0.05) is 11.6 Å². The molecule has 84 valence electrons. The van der Waals surface area contributed by atoms with Crippen molar-refractivity contribution in [1.29, 1.82) is 0 Å². The second-order valence-corrected chi connectivity index (χ2v) is 4.10. The monoisotopic (exact) mass is 237 g/mol. The van der Waals surface area contributed by atoms with Crippen LogP contribution < -0.4 is 4.74 Å². The molecule has 0 atom stereocenters. The molecule has 0 saturated heterocycles. The summed E-state index contributed by atoms with van der Waals surface area (Å²) >= 11 is 5.73. The number of ether oxygens (including phenoxy) is 1. The first kappa shape index (κ1) is 11.0. The van der Waals surface area contributed by atoms with E-state index < -0.39 is 0 Å². The molecule has 0 radical (unpaired) electrons. The summed E-state index contributed by atoms with van der Waals surface area (Å²) in [6.45, 7) is 4.11. The molecule has 0 saturated carbocycles. The van der Waals surface area contributed by atoms with Crippen molar-refractivity contribution >= 4 is 11.6 Å². The van der Waals surface area contributed by atoms with Crippen LogP contribution in [0.2, 0.25) is 5.02 Å². The lowest BCUT2D eigenvalue weighted by Crippen LogP contribution is -1.99. The Labute approximate surface area is 98.8 Å². The maximum Gasteiger partial charge on any atom is 0.219 e. The molecule has 0 aliphatic carbocycles. The molecule has 0 bridgehead atoms. The van der Waals surface area contributed by atoms with E-state index >= 15 is 0 Å². The van der Waals surface area contributed by atoms with Crippen molar-refractivity contribution in [1.82, 2.24) is 14.8 Å². The average molecular weight is 238 g/mol. The van der Waals surface area contributed by atoms with Crippen LogP contribution in [0.4, 0.5) is 0 Å². The van der Waals surface area contributed by atoms with E-state index in [2.05, 4.69) is 23.9 Å². The summed E-state index contributed by atoms with van der Waals surface area (Å²) in [5, 5.41) is 4.76. The molecule has 2 rings (SSSR count). The van der Waals surface area contributed by atoms with Crippen molar-refractivity contribution in [2.75, 3.05) is 0 Å². The fourth-order valence-corrected chi connectivity index (χ4v) is 1.31. The number of pyridine rings is 1. The zero-order valence-electron chi connectivity index (χ0n) is 9.09. The van der Waals surface area contributed by atoms with Crippen LogP contribution in [0.1, 0.15) is 19.9 Å². The Morgan fingerprint density at radius 1 is 1.31 bits per heavy atom. The summed E-state index contributed by atoms with van der Waals surface area (Å²) in [5.41, 5.74) is 0. The van der Waals surface area contributed by atoms with Crippen LogP contribution in [-0.2, 0) is 0 Å². The van der Waals surface area contributed by atoms with E-state index in [0.29, 0.717) is 22.7 Å². The van der Waals surface area contributed by atoms with Crippen LogP contribution in [0.15, 0.2) is 30.7 Å². The Hall–Kier alpha value is -1.55. The highest BCUT2D eigenvalue weighted by molar-refractivity contribution is 6.30. The van der Waals surface area contributed by atoms with Crippen LogP contribution in [0, 0.1) is 0 Å². The van der Waals surface area contributed by atoms with Gasteiger partial charge in [0.05, 0.1) is 17.4 Å². The van der Waals surface area contributed by atoms with E-state index in [4.69, 9.17) is 16.3 Å². The molecular formula is C11H12ClN3O. The minimum atomic E-state index is 0.315. The van der Waals surface area contributed by atoms with Gasteiger partial charge in [-0.05, 0) is 19.9 Å². The second-order valence-electron chi connectivity index (χ2n) is 3.67. The van der Waals surface area contributed by atoms with Gasteiger partial charge in [0.1, 0.15) is 0 Å². The third-order valence-corrected chi connectivity index (χ3v) is 2.25. The molecule has 2 aromatic rings. The summed E-state index contributed by atoms with van der Waals surface area (Å²) in [5.74, 6) is 1.18. The van der Waals surface area contributed by atoms with Gasteiger partial charge in [0, 0.05) is 18.3 Å². The Balaban J connectivity index is 2.11. The number of aromatic nitrogens is 3. The van der Waals surface area contributed by atoms with Crippen molar-refractivity contribution in [2.45, 2.75) is 19.9 Å². The van der Waals surface area contributed by atoms with Crippen molar-refractivity contribution in [3.63, 3.8) is 0 Å². The minimum absolute atomic E-state index is 0.315. The number of hydrogen-bond acceptors (Lipinski definition) is 3. The van der Waals surface area contributed by atoms with Gasteiger partial charge < -0.3 is 4.74 Å². The van der Waals surface area contributed by atoms with Gasteiger partial charge in [-0.3, -0.25) is 4.68 Å². The molecule has 0 aromatic carbocycles. The maximum atomic E-state index is 5.73. The van der Waals surface area contributed by atoms with Crippen molar-refractivity contribution in [2.24, 2.45) is 0 Å². The largest absolute Gasteiger partial charge is 0.436 e. The lowest BCUT2D eigenvalue weighted by molar-refractivity contribution is 0.459. The topological polar surface area (TPSA) is 39.9 Å². The van der Waals surface area contributed by atoms with Crippen LogP contribution in [0.3, 0.4) is 0 Å². The van der Waals surface area contributed by atoms with Gasteiger partial charge in [-0.25, -0.2) is 4.98 Å². The number of rotatable bonds is 3. The minimum Gasteiger partial charge on any atom is -0.436 e. The smallest absolute Gasteiger partial charge is 0.219 e. The molecule has 0 N–H and O–H groups in total. The second kappa shape index (κ2) is 4.53. The quantitative estimate of drug-likeness (QED) is 0.822. The normalized spacial score (nSPS) is 10.8. The summed E-state index contributed by atoms with van der Waals surface area (Å²) in [6.07, 6.45) is 5.04. The molecule has 2 heterocycles. The van der Waals surface area contributed by atoms with E-state index in [1.807, 2.05) is 10.9 Å². The lowest BCUT2D eigenvalue weighted by atomic mass is 10.4. The molecule has 16 heavy (non-hydrogen) atoms. The average Bonchev–Trinajstić information content (AvgIpc) is 2.70. The zero-order valence-corrected chi connectivity index (χ0v) is 9.85. The molecule has 0 spiro atoms. The number of nitrogens with zero attached hydrogens (tertiary/aromatic N) is 3. The van der Waals surface area contributed by atoms with Gasteiger partial charge in [-0.2, -0.15) is 5.10 Å². The summed E-state index contributed by atoms with van der Waals surface area (Å²) < 4.78 is 7.34. The molecule has 4 nitrogen and oxygen atoms in total. The van der Waals surface area contributed by atoms with E-state index in [-0.39, 0.29) is 0 Å².